The molecule has 3 aromatic rings. The molecule has 0 saturated heterocycles. The summed E-state index contributed by atoms with van der Waals surface area (Å²) >= 11 is 0. The fraction of sp³-hybridized carbons (Fsp3) is 0.222. The van der Waals surface area contributed by atoms with E-state index in [1.807, 2.05) is 36.4 Å². The third-order valence-corrected chi connectivity index (χ3v) is 6.11. The molecule has 3 aromatic carbocycles. The fourth-order valence-corrected chi connectivity index (χ4v) is 4.23. The average molecular weight is 477 g/mol. The first-order valence-corrected chi connectivity index (χ1v) is 11.3. The number of amides is 2. The third kappa shape index (κ3) is 5.32. The van der Waals surface area contributed by atoms with Crippen LogP contribution in [0.1, 0.15) is 40.7 Å². The van der Waals surface area contributed by atoms with Crippen LogP contribution in [0.3, 0.4) is 0 Å². The van der Waals surface area contributed by atoms with Crippen LogP contribution in [0.2, 0.25) is 0 Å². The Balaban J connectivity index is 1.27. The molecule has 0 aliphatic heterocycles. The quantitative estimate of drug-likeness (QED) is 0.423. The summed E-state index contributed by atoms with van der Waals surface area (Å²) in [7, 11) is 0. The smallest absolute Gasteiger partial charge is 0.407 e. The Labute approximate surface area is 201 Å². The number of alkyl carbamates (subject to hydrolysis) is 1. The molecule has 0 spiro atoms. The van der Waals surface area contributed by atoms with Gasteiger partial charge in [0.25, 0.3) is 0 Å². The first-order chi connectivity index (χ1) is 16.8. The van der Waals surface area contributed by atoms with Crippen LogP contribution in [0.5, 0.6) is 0 Å². The van der Waals surface area contributed by atoms with Crippen molar-refractivity contribution in [1.29, 1.82) is 0 Å². The molecule has 8 heteroatoms. The summed E-state index contributed by atoms with van der Waals surface area (Å²) in [6.45, 7) is 2.00. The summed E-state index contributed by atoms with van der Waals surface area (Å²) < 4.78 is 19.0. The van der Waals surface area contributed by atoms with Crippen molar-refractivity contribution in [1.82, 2.24) is 5.32 Å². The number of hydrogen-bond donors (Lipinski definition) is 3. The molecule has 1 atom stereocenters. The maximum Gasteiger partial charge on any atom is 0.407 e. The number of carbonyl (C=O) groups excluding carboxylic acids is 2. The Morgan fingerprint density at radius 1 is 1.00 bits per heavy atom. The topological polar surface area (TPSA) is 105 Å². The van der Waals surface area contributed by atoms with E-state index in [-0.39, 0.29) is 36.7 Å². The van der Waals surface area contributed by atoms with Gasteiger partial charge in [0.2, 0.25) is 5.91 Å². The molecule has 180 valence electrons. The lowest BCUT2D eigenvalue weighted by Crippen LogP contribution is -2.30. The second-order valence-electron chi connectivity index (χ2n) is 8.43. The fourth-order valence-electron chi connectivity index (χ4n) is 4.23. The summed E-state index contributed by atoms with van der Waals surface area (Å²) in [5.41, 5.74) is 4.19. The Morgan fingerprint density at radius 2 is 1.63 bits per heavy atom. The summed E-state index contributed by atoms with van der Waals surface area (Å²) in [5.74, 6) is -3.02. The largest absolute Gasteiger partial charge is 0.478 e. The van der Waals surface area contributed by atoms with Gasteiger partial charge in [0, 0.05) is 18.4 Å². The third-order valence-electron chi connectivity index (χ3n) is 6.11. The van der Waals surface area contributed by atoms with Gasteiger partial charge in [-0.3, -0.25) is 4.79 Å². The van der Waals surface area contributed by atoms with E-state index < -0.39 is 29.7 Å². The lowest BCUT2D eigenvalue weighted by molar-refractivity contribution is -0.119. The number of aromatic carboxylic acids is 1. The van der Waals surface area contributed by atoms with Crippen molar-refractivity contribution in [3.63, 3.8) is 0 Å². The number of carboxylic acids is 1. The number of anilines is 1. The van der Waals surface area contributed by atoms with Gasteiger partial charge in [-0.25, -0.2) is 14.0 Å². The van der Waals surface area contributed by atoms with Gasteiger partial charge in [-0.1, -0.05) is 55.5 Å². The molecule has 0 fully saturated rings. The number of fused-ring (bicyclic) bond motifs is 3. The SMILES string of the molecule is CC(CCNC(=O)OCC1c2ccccc2-c2ccccc21)C(=O)Nc1cc(F)ccc1C(=O)O. The maximum absolute atomic E-state index is 13.5. The molecular weight excluding hydrogens is 451 g/mol. The predicted molar refractivity (Wildman–Crippen MR) is 129 cm³/mol. The first-order valence-electron chi connectivity index (χ1n) is 11.3. The van der Waals surface area contributed by atoms with Crippen LogP contribution >= 0.6 is 0 Å². The Bertz CT molecular complexity index is 1230. The van der Waals surface area contributed by atoms with Crippen molar-refractivity contribution in [3.8, 4) is 11.1 Å². The zero-order chi connectivity index (χ0) is 24.9. The molecule has 0 aromatic heterocycles. The van der Waals surface area contributed by atoms with Crippen molar-refractivity contribution in [2.75, 3.05) is 18.5 Å². The highest BCUT2D eigenvalue weighted by Crippen LogP contribution is 2.44. The van der Waals surface area contributed by atoms with Crippen LogP contribution < -0.4 is 10.6 Å². The van der Waals surface area contributed by atoms with Crippen molar-refractivity contribution >= 4 is 23.7 Å². The second kappa shape index (κ2) is 10.4. The number of nitrogens with one attached hydrogen (secondary N) is 2. The summed E-state index contributed by atoms with van der Waals surface area (Å²) in [4.78, 5) is 36.0. The molecule has 1 aliphatic rings. The van der Waals surface area contributed by atoms with Crippen LogP contribution in [-0.4, -0.2) is 36.2 Å². The average Bonchev–Trinajstić information content (AvgIpc) is 3.16. The van der Waals surface area contributed by atoms with Crippen molar-refractivity contribution in [2.24, 2.45) is 5.92 Å². The molecule has 7 nitrogen and oxygen atoms in total. The molecular formula is C27H25FN2O5. The second-order valence-corrected chi connectivity index (χ2v) is 8.43. The van der Waals surface area contributed by atoms with E-state index in [0.717, 1.165) is 40.5 Å². The van der Waals surface area contributed by atoms with E-state index in [0.29, 0.717) is 0 Å². The highest BCUT2D eigenvalue weighted by atomic mass is 19.1. The first kappa shape index (κ1) is 23.9. The minimum atomic E-state index is -1.27. The van der Waals surface area contributed by atoms with Crippen LogP contribution in [-0.2, 0) is 9.53 Å². The molecule has 1 aliphatic carbocycles. The van der Waals surface area contributed by atoms with Gasteiger partial charge in [0.05, 0.1) is 11.3 Å². The van der Waals surface area contributed by atoms with E-state index >= 15 is 0 Å². The maximum atomic E-state index is 13.5. The van der Waals surface area contributed by atoms with E-state index in [1.165, 1.54) is 0 Å². The van der Waals surface area contributed by atoms with E-state index in [9.17, 15) is 23.9 Å². The van der Waals surface area contributed by atoms with Crippen LogP contribution in [0.4, 0.5) is 14.9 Å². The molecule has 1 unspecified atom stereocenters. The normalized spacial score (nSPS) is 12.9. The summed E-state index contributed by atoms with van der Waals surface area (Å²) in [5, 5.41) is 14.3. The number of rotatable bonds is 8. The van der Waals surface area contributed by atoms with Gasteiger partial charge in [-0.05, 0) is 46.9 Å². The molecule has 3 N–H and O–H groups in total. The van der Waals surface area contributed by atoms with Gasteiger partial charge >= 0.3 is 12.1 Å². The predicted octanol–water partition coefficient (Wildman–Crippen LogP) is 5.03. The molecule has 0 radical (unpaired) electrons. The van der Waals surface area contributed by atoms with Gasteiger partial charge in [-0.2, -0.15) is 0 Å². The standard InChI is InChI=1S/C27H25FN2O5/c1-16(25(31)30-24-14-17(28)10-11-22(24)26(32)33)12-13-29-27(34)35-15-23-20-8-4-2-6-18(20)19-7-3-5-9-21(19)23/h2-11,14,16,23H,12-13,15H2,1H3,(H,29,34)(H,30,31)(H,32,33). The molecule has 35 heavy (non-hydrogen) atoms. The molecule has 0 heterocycles. The monoisotopic (exact) mass is 476 g/mol. The summed E-state index contributed by atoms with van der Waals surface area (Å²) in [6.07, 6.45) is -0.300. The van der Waals surface area contributed by atoms with Crippen LogP contribution in [0, 0.1) is 11.7 Å². The Hall–Kier alpha value is -4.20. The minimum absolute atomic E-state index is 0.0486. The minimum Gasteiger partial charge on any atom is -0.478 e. The van der Waals surface area contributed by atoms with Gasteiger partial charge in [0.1, 0.15) is 12.4 Å². The van der Waals surface area contributed by atoms with Gasteiger partial charge < -0.3 is 20.5 Å². The van der Waals surface area contributed by atoms with Gasteiger partial charge in [-0.15, -0.1) is 0 Å². The zero-order valence-electron chi connectivity index (χ0n) is 19.1. The number of ether oxygens (including phenoxy) is 1. The summed E-state index contributed by atoms with van der Waals surface area (Å²) in [6, 6.07) is 19.2. The van der Waals surface area contributed by atoms with E-state index in [4.69, 9.17) is 4.74 Å². The highest BCUT2D eigenvalue weighted by Gasteiger charge is 2.29. The van der Waals surface area contributed by atoms with Crippen molar-refractivity contribution < 1.29 is 28.6 Å². The van der Waals surface area contributed by atoms with E-state index in [2.05, 4.69) is 22.8 Å². The van der Waals surface area contributed by atoms with Crippen LogP contribution in [0.15, 0.2) is 66.7 Å². The zero-order valence-corrected chi connectivity index (χ0v) is 19.1. The van der Waals surface area contributed by atoms with Crippen molar-refractivity contribution in [3.05, 3.63) is 89.2 Å². The number of hydrogen-bond acceptors (Lipinski definition) is 4. The highest BCUT2D eigenvalue weighted by molar-refractivity contribution is 6.01. The van der Waals surface area contributed by atoms with Crippen LogP contribution in [0.25, 0.3) is 11.1 Å². The van der Waals surface area contributed by atoms with Gasteiger partial charge in [0.15, 0.2) is 0 Å². The molecule has 4 rings (SSSR count). The lowest BCUT2D eigenvalue weighted by atomic mass is 9.98. The Morgan fingerprint density at radius 3 is 2.26 bits per heavy atom. The molecule has 0 saturated carbocycles. The van der Waals surface area contributed by atoms with Crippen molar-refractivity contribution in [2.45, 2.75) is 19.3 Å². The molecule has 0 bridgehead atoms. The number of benzene rings is 3. The number of halogens is 1. The molecule has 2 amide bonds. The Kier molecular flexibility index (Phi) is 7.10. The number of carboxylic acid groups (broad SMARTS) is 1. The lowest BCUT2D eigenvalue weighted by Gasteiger charge is -2.16. The van der Waals surface area contributed by atoms with E-state index in [1.54, 1.807) is 6.92 Å². The number of carbonyl (C=O) groups is 3.